The molecule has 18 heavy (non-hydrogen) atoms. The first-order chi connectivity index (χ1) is 8.53. The Bertz CT molecular complexity index is 455. The maximum atomic E-state index is 11.5. The maximum Gasteiger partial charge on any atom is 0.220 e. The first-order valence-corrected chi connectivity index (χ1v) is 8.33. The summed E-state index contributed by atoms with van der Waals surface area (Å²) in [6, 6.07) is 3.93. The van der Waals surface area contributed by atoms with Gasteiger partial charge in [0.15, 0.2) is 0 Å². The zero-order valence-corrected chi connectivity index (χ0v) is 11.9. The minimum Gasteiger partial charge on any atom is -0.355 e. The number of hydrogen-bond acceptors (Lipinski definition) is 4. The molecule has 5 nitrogen and oxygen atoms in total. The molecule has 1 aromatic rings. The van der Waals surface area contributed by atoms with Crippen molar-refractivity contribution in [3.05, 3.63) is 22.4 Å². The lowest BCUT2D eigenvalue weighted by Crippen LogP contribution is -2.34. The van der Waals surface area contributed by atoms with Crippen LogP contribution in [0.3, 0.4) is 0 Å². The van der Waals surface area contributed by atoms with Crippen LogP contribution in [0.4, 0.5) is 0 Å². The van der Waals surface area contributed by atoms with E-state index in [-0.39, 0.29) is 18.2 Å². The molecule has 7 heteroatoms. The Morgan fingerprint density at radius 1 is 1.44 bits per heavy atom. The Morgan fingerprint density at radius 3 is 2.83 bits per heavy atom. The van der Waals surface area contributed by atoms with Gasteiger partial charge in [-0.1, -0.05) is 13.0 Å². The second-order valence-corrected chi connectivity index (χ2v) is 6.70. The highest BCUT2D eigenvalue weighted by molar-refractivity contribution is 7.89. The summed E-state index contributed by atoms with van der Waals surface area (Å²) >= 11 is 1.61. The highest BCUT2D eigenvalue weighted by atomic mass is 32.2. The zero-order valence-electron chi connectivity index (χ0n) is 10.3. The molecule has 0 aliphatic carbocycles. The van der Waals surface area contributed by atoms with Gasteiger partial charge < -0.3 is 5.32 Å². The first-order valence-electron chi connectivity index (χ1n) is 5.80. The third-order valence-corrected chi connectivity index (χ3v) is 4.64. The fourth-order valence-corrected chi connectivity index (χ4v) is 3.06. The lowest BCUT2D eigenvalue weighted by atomic mass is 10.2. The summed E-state index contributed by atoms with van der Waals surface area (Å²) < 4.78 is 25.0. The molecule has 0 aliphatic heterocycles. The van der Waals surface area contributed by atoms with Crippen molar-refractivity contribution >= 4 is 27.3 Å². The maximum absolute atomic E-state index is 11.5. The summed E-state index contributed by atoms with van der Waals surface area (Å²) in [6.07, 6.45) is 1.09. The molecule has 0 bridgehead atoms. The molecule has 0 aliphatic rings. The summed E-state index contributed by atoms with van der Waals surface area (Å²) in [5.74, 6) is -0.193. The van der Waals surface area contributed by atoms with Gasteiger partial charge in [0.25, 0.3) is 0 Å². The van der Waals surface area contributed by atoms with Crippen molar-refractivity contribution in [2.75, 3.05) is 18.8 Å². The van der Waals surface area contributed by atoms with E-state index in [0.717, 1.165) is 4.88 Å². The number of hydrogen-bond donors (Lipinski definition) is 2. The highest BCUT2D eigenvalue weighted by Gasteiger charge is 2.09. The predicted molar refractivity (Wildman–Crippen MR) is 73.1 cm³/mol. The van der Waals surface area contributed by atoms with E-state index in [1.807, 2.05) is 17.5 Å². The minimum atomic E-state index is -3.25. The van der Waals surface area contributed by atoms with Crippen molar-refractivity contribution in [2.24, 2.45) is 0 Å². The van der Waals surface area contributed by atoms with Gasteiger partial charge >= 0.3 is 0 Å². The van der Waals surface area contributed by atoms with Crippen molar-refractivity contribution in [2.45, 2.75) is 19.8 Å². The Morgan fingerprint density at radius 2 is 2.22 bits per heavy atom. The van der Waals surface area contributed by atoms with Gasteiger partial charge in [-0.2, -0.15) is 0 Å². The number of sulfonamides is 1. The lowest BCUT2D eigenvalue weighted by molar-refractivity contribution is -0.120. The SMILES string of the molecule is CCNS(=O)(=O)CCNC(=O)CCc1cccs1. The van der Waals surface area contributed by atoms with Crippen LogP contribution in [0.5, 0.6) is 0 Å². The van der Waals surface area contributed by atoms with Crippen LogP contribution in [0.1, 0.15) is 18.2 Å². The van der Waals surface area contributed by atoms with E-state index in [2.05, 4.69) is 10.0 Å². The van der Waals surface area contributed by atoms with E-state index in [1.54, 1.807) is 18.3 Å². The van der Waals surface area contributed by atoms with Crippen LogP contribution >= 0.6 is 11.3 Å². The van der Waals surface area contributed by atoms with Gasteiger partial charge in [0.05, 0.1) is 5.75 Å². The van der Waals surface area contributed by atoms with Crippen LogP contribution < -0.4 is 10.0 Å². The Hall–Kier alpha value is -0.920. The largest absolute Gasteiger partial charge is 0.355 e. The van der Waals surface area contributed by atoms with Gasteiger partial charge in [0.1, 0.15) is 0 Å². The van der Waals surface area contributed by atoms with Crippen molar-refractivity contribution < 1.29 is 13.2 Å². The molecule has 0 fully saturated rings. The first kappa shape index (κ1) is 15.1. The summed E-state index contributed by atoms with van der Waals surface area (Å²) in [6.45, 7) is 2.24. The molecule has 1 amide bonds. The molecule has 1 heterocycles. The Kier molecular flexibility index (Phi) is 6.31. The normalized spacial score (nSPS) is 11.4. The number of carbonyl (C=O) groups excluding carboxylic acids is 1. The molecule has 1 rings (SSSR count). The standard InChI is InChI=1S/C11H18N2O3S2/c1-2-13-18(15,16)9-7-12-11(14)6-5-10-4-3-8-17-10/h3-4,8,13H,2,5-7,9H2,1H3,(H,12,14). The smallest absolute Gasteiger partial charge is 0.220 e. The number of carbonyl (C=O) groups is 1. The quantitative estimate of drug-likeness (QED) is 0.741. The molecular weight excluding hydrogens is 272 g/mol. The molecular formula is C11H18N2O3S2. The van der Waals surface area contributed by atoms with E-state index < -0.39 is 10.0 Å². The average Bonchev–Trinajstić information content (AvgIpc) is 2.78. The molecule has 102 valence electrons. The number of amides is 1. The van der Waals surface area contributed by atoms with Crippen LogP contribution in [-0.4, -0.2) is 33.2 Å². The third-order valence-electron chi connectivity index (χ3n) is 2.24. The van der Waals surface area contributed by atoms with Crippen LogP contribution in [-0.2, 0) is 21.2 Å². The highest BCUT2D eigenvalue weighted by Crippen LogP contribution is 2.10. The van der Waals surface area contributed by atoms with E-state index >= 15 is 0 Å². The molecule has 0 unspecified atom stereocenters. The summed E-state index contributed by atoms with van der Waals surface area (Å²) in [5.41, 5.74) is 0. The monoisotopic (exact) mass is 290 g/mol. The predicted octanol–water partition coefficient (Wildman–Crippen LogP) is 0.736. The van der Waals surface area contributed by atoms with E-state index in [9.17, 15) is 13.2 Å². The zero-order chi connectivity index (χ0) is 13.4. The van der Waals surface area contributed by atoms with Gasteiger partial charge in [-0.3, -0.25) is 4.79 Å². The van der Waals surface area contributed by atoms with E-state index in [1.165, 1.54) is 0 Å². The van der Waals surface area contributed by atoms with E-state index in [4.69, 9.17) is 0 Å². The van der Waals surface area contributed by atoms with Crippen molar-refractivity contribution in [3.8, 4) is 0 Å². The Balaban J connectivity index is 2.17. The average molecular weight is 290 g/mol. The van der Waals surface area contributed by atoms with Gasteiger partial charge in [0.2, 0.25) is 15.9 Å². The van der Waals surface area contributed by atoms with Gasteiger partial charge in [-0.05, 0) is 17.9 Å². The van der Waals surface area contributed by atoms with Gasteiger partial charge in [-0.15, -0.1) is 11.3 Å². The van der Waals surface area contributed by atoms with Crippen LogP contribution in [0.25, 0.3) is 0 Å². The molecule has 0 atom stereocenters. The summed E-state index contributed by atoms with van der Waals surface area (Å²) in [4.78, 5) is 12.6. The minimum absolute atomic E-state index is 0.0778. The summed E-state index contributed by atoms with van der Waals surface area (Å²) in [7, 11) is -3.25. The molecule has 0 spiro atoms. The van der Waals surface area contributed by atoms with Crippen molar-refractivity contribution in [1.82, 2.24) is 10.0 Å². The number of aryl methyl sites for hydroxylation is 1. The third kappa shape index (κ3) is 6.13. The Labute approximate surface area is 112 Å². The van der Waals surface area contributed by atoms with Crippen LogP contribution in [0.15, 0.2) is 17.5 Å². The second-order valence-electron chi connectivity index (χ2n) is 3.75. The number of thiophene rings is 1. The summed E-state index contributed by atoms with van der Waals surface area (Å²) in [5, 5.41) is 4.57. The van der Waals surface area contributed by atoms with Crippen LogP contribution in [0, 0.1) is 0 Å². The fourth-order valence-electron chi connectivity index (χ4n) is 1.40. The number of nitrogens with one attached hydrogen (secondary N) is 2. The molecule has 0 aromatic carbocycles. The van der Waals surface area contributed by atoms with Crippen molar-refractivity contribution in [3.63, 3.8) is 0 Å². The molecule has 1 aromatic heterocycles. The molecule has 0 saturated carbocycles. The fraction of sp³-hybridized carbons (Fsp3) is 0.545. The van der Waals surface area contributed by atoms with E-state index in [0.29, 0.717) is 19.4 Å². The van der Waals surface area contributed by atoms with Crippen LogP contribution in [0.2, 0.25) is 0 Å². The molecule has 0 saturated heterocycles. The molecule has 2 N–H and O–H groups in total. The second kappa shape index (κ2) is 7.50. The number of rotatable bonds is 8. The molecule has 0 radical (unpaired) electrons. The van der Waals surface area contributed by atoms with Gasteiger partial charge in [0, 0.05) is 24.4 Å². The van der Waals surface area contributed by atoms with Crippen molar-refractivity contribution in [1.29, 1.82) is 0 Å². The topological polar surface area (TPSA) is 75.3 Å². The van der Waals surface area contributed by atoms with Gasteiger partial charge in [-0.25, -0.2) is 13.1 Å². The lowest BCUT2D eigenvalue weighted by Gasteiger charge is -2.06.